The minimum absolute atomic E-state index is 0.217. The topological polar surface area (TPSA) is 87.7 Å². The Morgan fingerprint density at radius 3 is 2.73 bits per heavy atom. The first-order valence-electron chi connectivity index (χ1n) is 7.10. The molecule has 1 saturated heterocycles. The Kier molecular flexibility index (Phi) is 5.76. The maximum Gasteiger partial charge on any atom is 0.251 e. The molecule has 0 bridgehead atoms. The van der Waals surface area contributed by atoms with Gasteiger partial charge in [0, 0.05) is 37.4 Å². The SMILES string of the molecule is CS(=O)(=O)Nc1cccc(C(=O)NCCN2CCOCC2)c1. The summed E-state index contributed by atoms with van der Waals surface area (Å²) in [5, 5.41) is 2.84. The van der Waals surface area contributed by atoms with E-state index in [-0.39, 0.29) is 5.91 Å². The van der Waals surface area contributed by atoms with E-state index in [9.17, 15) is 13.2 Å². The third-order valence-corrected chi connectivity index (χ3v) is 3.85. The summed E-state index contributed by atoms with van der Waals surface area (Å²) in [7, 11) is -3.35. The van der Waals surface area contributed by atoms with Crippen molar-refractivity contribution in [1.82, 2.24) is 10.2 Å². The molecule has 1 aliphatic rings. The fraction of sp³-hybridized carbons (Fsp3) is 0.500. The molecule has 122 valence electrons. The molecule has 1 heterocycles. The van der Waals surface area contributed by atoms with Crippen LogP contribution in [-0.2, 0) is 14.8 Å². The zero-order valence-corrected chi connectivity index (χ0v) is 13.4. The molecule has 1 amide bonds. The zero-order valence-electron chi connectivity index (χ0n) is 12.5. The molecule has 1 fully saturated rings. The Morgan fingerprint density at radius 1 is 1.32 bits per heavy atom. The van der Waals surface area contributed by atoms with Gasteiger partial charge in [-0.15, -0.1) is 0 Å². The summed E-state index contributed by atoms with van der Waals surface area (Å²) < 4.78 is 30.0. The highest BCUT2D eigenvalue weighted by Crippen LogP contribution is 2.11. The van der Waals surface area contributed by atoms with Crippen LogP contribution < -0.4 is 10.0 Å². The van der Waals surface area contributed by atoms with Gasteiger partial charge in [0.2, 0.25) is 10.0 Å². The van der Waals surface area contributed by atoms with Gasteiger partial charge < -0.3 is 10.1 Å². The van der Waals surface area contributed by atoms with Crippen LogP contribution in [0.3, 0.4) is 0 Å². The molecule has 1 aliphatic heterocycles. The van der Waals surface area contributed by atoms with Crippen LogP contribution in [0.5, 0.6) is 0 Å². The number of carbonyl (C=O) groups excluding carboxylic acids is 1. The van der Waals surface area contributed by atoms with E-state index in [1.54, 1.807) is 18.2 Å². The molecule has 0 aliphatic carbocycles. The highest BCUT2D eigenvalue weighted by molar-refractivity contribution is 7.92. The zero-order chi connectivity index (χ0) is 16.0. The minimum atomic E-state index is -3.35. The molecule has 0 radical (unpaired) electrons. The number of ether oxygens (including phenoxy) is 1. The van der Waals surface area contributed by atoms with Gasteiger partial charge in [-0.3, -0.25) is 14.4 Å². The van der Waals surface area contributed by atoms with E-state index in [2.05, 4.69) is 14.9 Å². The number of hydrogen-bond acceptors (Lipinski definition) is 5. The Labute approximate surface area is 130 Å². The van der Waals surface area contributed by atoms with Gasteiger partial charge in [-0.25, -0.2) is 8.42 Å². The Morgan fingerprint density at radius 2 is 2.05 bits per heavy atom. The highest BCUT2D eigenvalue weighted by atomic mass is 32.2. The number of carbonyl (C=O) groups is 1. The summed E-state index contributed by atoms with van der Waals surface area (Å²) in [5.74, 6) is -0.217. The van der Waals surface area contributed by atoms with Crippen molar-refractivity contribution in [1.29, 1.82) is 0 Å². The average molecular weight is 327 g/mol. The average Bonchev–Trinajstić information content (AvgIpc) is 2.47. The lowest BCUT2D eigenvalue weighted by molar-refractivity contribution is 0.0383. The number of rotatable bonds is 6. The summed E-state index contributed by atoms with van der Waals surface area (Å²) in [6.07, 6.45) is 1.07. The molecule has 2 N–H and O–H groups in total. The second-order valence-electron chi connectivity index (χ2n) is 5.16. The summed E-state index contributed by atoms with van der Waals surface area (Å²) >= 11 is 0. The van der Waals surface area contributed by atoms with Crippen LogP contribution in [0.1, 0.15) is 10.4 Å². The van der Waals surface area contributed by atoms with Crippen LogP contribution in [-0.4, -0.2) is 64.9 Å². The summed E-state index contributed by atoms with van der Waals surface area (Å²) in [6, 6.07) is 6.42. The molecular formula is C14H21N3O4S. The number of benzene rings is 1. The first-order chi connectivity index (χ1) is 10.4. The predicted molar refractivity (Wildman–Crippen MR) is 84.5 cm³/mol. The number of nitrogens with zero attached hydrogens (tertiary/aromatic N) is 1. The molecule has 2 rings (SSSR count). The summed E-state index contributed by atoms with van der Waals surface area (Å²) in [6.45, 7) is 4.53. The maximum atomic E-state index is 12.1. The molecule has 0 spiro atoms. The van der Waals surface area contributed by atoms with Gasteiger partial charge >= 0.3 is 0 Å². The van der Waals surface area contributed by atoms with E-state index in [4.69, 9.17) is 4.74 Å². The number of nitrogens with one attached hydrogen (secondary N) is 2. The van der Waals surface area contributed by atoms with E-state index < -0.39 is 10.0 Å². The van der Waals surface area contributed by atoms with Gasteiger partial charge in [0.25, 0.3) is 5.91 Å². The van der Waals surface area contributed by atoms with Crippen molar-refractivity contribution in [2.24, 2.45) is 0 Å². The van der Waals surface area contributed by atoms with Crippen molar-refractivity contribution in [3.8, 4) is 0 Å². The van der Waals surface area contributed by atoms with E-state index >= 15 is 0 Å². The van der Waals surface area contributed by atoms with Crippen LogP contribution in [0.25, 0.3) is 0 Å². The number of morpholine rings is 1. The molecule has 8 heteroatoms. The lowest BCUT2D eigenvalue weighted by Gasteiger charge is -2.26. The molecule has 0 saturated carbocycles. The lowest BCUT2D eigenvalue weighted by atomic mass is 10.2. The number of sulfonamides is 1. The normalized spacial score (nSPS) is 16.2. The van der Waals surface area contributed by atoms with Crippen LogP contribution in [0.2, 0.25) is 0 Å². The van der Waals surface area contributed by atoms with E-state index in [1.807, 2.05) is 0 Å². The van der Waals surface area contributed by atoms with Crippen LogP contribution in [0, 0.1) is 0 Å². The van der Waals surface area contributed by atoms with Crippen molar-refractivity contribution >= 4 is 21.6 Å². The van der Waals surface area contributed by atoms with Crippen molar-refractivity contribution < 1.29 is 17.9 Å². The fourth-order valence-corrected chi connectivity index (χ4v) is 2.75. The standard InChI is InChI=1S/C14H21N3O4S/c1-22(19,20)16-13-4-2-3-12(11-13)14(18)15-5-6-17-7-9-21-10-8-17/h2-4,11,16H,5-10H2,1H3,(H,15,18). The Balaban J connectivity index is 1.85. The largest absolute Gasteiger partial charge is 0.379 e. The smallest absolute Gasteiger partial charge is 0.251 e. The third kappa shape index (κ3) is 5.63. The van der Waals surface area contributed by atoms with E-state index in [0.29, 0.717) is 17.8 Å². The minimum Gasteiger partial charge on any atom is -0.379 e. The van der Waals surface area contributed by atoms with Crippen molar-refractivity contribution in [2.75, 3.05) is 50.4 Å². The maximum absolute atomic E-state index is 12.1. The third-order valence-electron chi connectivity index (χ3n) is 3.25. The fourth-order valence-electron chi connectivity index (χ4n) is 2.19. The molecule has 1 aromatic rings. The first kappa shape index (κ1) is 16.7. The Hall–Kier alpha value is -1.64. The highest BCUT2D eigenvalue weighted by Gasteiger charge is 2.11. The van der Waals surface area contributed by atoms with Crippen molar-refractivity contribution in [3.05, 3.63) is 29.8 Å². The second-order valence-corrected chi connectivity index (χ2v) is 6.91. The second kappa shape index (κ2) is 7.57. The van der Waals surface area contributed by atoms with Gasteiger partial charge in [-0.1, -0.05) is 6.07 Å². The molecule has 22 heavy (non-hydrogen) atoms. The van der Waals surface area contributed by atoms with Gasteiger partial charge in [0.1, 0.15) is 0 Å². The van der Waals surface area contributed by atoms with Crippen LogP contribution >= 0.6 is 0 Å². The van der Waals surface area contributed by atoms with Crippen LogP contribution in [0.4, 0.5) is 5.69 Å². The Bertz CT molecular complexity index is 612. The predicted octanol–water partition coefficient (Wildman–Crippen LogP) is 0.120. The molecule has 0 atom stereocenters. The van der Waals surface area contributed by atoms with E-state index in [1.165, 1.54) is 6.07 Å². The first-order valence-corrected chi connectivity index (χ1v) is 8.99. The van der Waals surface area contributed by atoms with Crippen molar-refractivity contribution in [2.45, 2.75) is 0 Å². The molecule has 7 nitrogen and oxygen atoms in total. The molecular weight excluding hydrogens is 306 g/mol. The molecule has 0 aromatic heterocycles. The van der Waals surface area contributed by atoms with Crippen LogP contribution in [0.15, 0.2) is 24.3 Å². The summed E-state index contributed by atoms with van der Waals surface area (Å²) in [5.41, 5.74) is 0.805. The number of amides is 1. The summed E-state index contributed by atoms with van der Waals surface area (Å²) in [4.78, 5) is 14.3. The molecule has 0 unspecified atom stereocenters. The van der Waals surface area contributed by atoms with Gasteiger partial charge in [-0.05, 0) is 18.2 Å². The molecule has 1 aromatic carbocycles. The quantitative estimate of drug-likeness (QED) is 0.775. The van der Waals surface area contributed by atoms with Gasteiger partial charge in [-0.2, -0.15) is 0 Å². The van der Waals surface area contributed by atoms with Gasteiger partial charge in [0.15, 0.2) is 0 Å². The number of anilines is 1. The lowest BCUT2D eigenvalue weighted by Crippen LogP contribution is -2.41. The van der Waals surface area contributed by atoms with Crippen molar-refractivity contribution in [3.63, 3.8) is 0 Å². The van der Waals surface area contributed by atoms with E-state index in [0.717, 1.165) is 39.1 Å². The van der Waals surface area contributed by atoms with Gasteiger partial charge in [0.05, 0.1) is 19.5 Å². The monoisotopic (exact) mass is 327 g/mol. The number of hydrogen-bond donors (Lipinski definition) is 2.